The number of fused-ring (bicyclic) bond motifs is 1. The summed E-state index contributed by atoms with van der Waals surface area (Å²) in [7, 11) is 0. The Bertz CT molecular complexity index is 873. The van der Waals surface area contributed by atoms with Crippen LogP contribution in [-0.4, -0.2) is 35.6 Å². The molecule has 2 aromatic rings. The number of alkyl carbamates (subject to hydrolysis) is 1. The van der Waals surface area contributed by atoms with Crippen LogP contribution in [0.1, 0.15) is 33.3 Å². The summed E-state index contributed by atoms with van der Waals surface area (Å²) in [5.74, 6) is -1.17. The Morgan fingerprint density at radius 3 is 2.29 bits per heavy atom. The van der Waals surface area contributed by atoms with Crippen molar-refractivity contribution < 1.29 is 19.1 Å². The smallest absolute Gasteiger partial charge is 0.408 e. The lowest BCUT2D eigenvalue weighted by atomic mass is 10.0. The van der Waals surface area contributed by atoms with Crippen LogP contribution in [0.2, 0.25) is 0 Å². The van der Waals surface area contributed by atoms with Gasteiger partial charge in [0.1, 0.15) is 17.7 Å². The van der Waals surface area contributed by atoms with E-state index in [2.05, 4.69) is 10.6 Å². The second kappa shape index (κ2) is 8.73. The number of hydrogen-bond acceptors (Lipinski definition) is 4. The van der Waals surface area contributed by atoms with E-state index >= 15 is 0 Å². The topological polar surface area (TPSA) is 111 Å². The van der Waals surface area contributed by atoms with Gasteiger partial charge in [-0.15, -0.1) is 0 Å². The zero-order valence-corrected chi connectivity index (χ0v) is 16.6. The zero-order chi connectivity index (χ0) is 20.9. The van der Waals surface area contributed by atoms with Gasteiger partial charge in [-0.3, -0.25) is 9.59 Å². The minimum Gasteiger partial charge on any atom is -0.444 e. The molecule has 4 N–H and O–H groups in total. The Hall–Kier alpha value is -3.09. The monoisotopic (exact) mass is 385 g/mol. The second-order valence-corrected chi connectivity index (χ2v) is 7.72. The number of nitrogens with one attached hydrogen (secondary N) is 2. The highest BCUT2D eigenvalue weighted by Gasteiger charge is 2.26. The molecule has 2 rings (SSSR count). The van der Waals surface area contributed by atoms with Crippen LogP contribution in [0.3, 0.4) is 0 Å². The van der Waals surface area contributed by atoms with Gasteiger partial charge in [0, 0.05) is 6.42 Å². The molecule has 0 radical (unpaired) electrons. The maximum atomic E-state index is 12.6. The maximum absolute atomic E-state index is 12.6. The molecule has 0 spiro atoms. The summed E-state index contributed by atoms with van der Waals surface area (Å²) >= 11 is 0. The van der Waals surface area contributed by atoms with Gasteiger partial charge in [-0.05, 0) is 44.0 Å². The van der Waals surface area contributed by atoms with E-state index in [9.17, 15) is 14.4 Å². The van der Waals surface area contributed by atoms with Crippen LogP contribution in [0.25, 0.3) is 10.8 Å². The molecule has 28 heavy (non-hydrogen) atoms. The molecular formula is C21H27N3O4. The van der Waals surface area contributed by atoms with Crippen molar-refractivity contribution in [3.05, 3.63) is 48.0 Å². The highest BCUT2D eigenvalue weighted by atomic mass is 16.6. The molecule has 0 fully saturated rings. The van der Waals surface area contributed by atoms with Gasteiger partial charge in [-0.1, -0.05) is 42.5 Å². The Labute approximate surface area is 164 Å². The van der Waals surface area contributed by atoms with Crippen molar-refractivity contribution in [3.63, 3.8) is 0 Å². The molecule has 0 aliphatic heterocycles. The van der Waals surface area contributed by atoms with Crippen molar-refractivity contribution in [1.29, 1.82) is 0 Å². The molecule has 0 saturated heterocycles. The molecular weight excluding hydrogens is 358 g/mol. The fourth-order valence-electron chi connectivity index (χ4n) is 2.65. The predicted molar refractivity (Wildman–Crippen MR) is 108 cm³/mol. The number of rotatable bonds is 6. The number of hydrogen-bond donors (Lipinski definition) is 3. The number of benzene rings is 2. The van der Waals surface area contributed by atoms with E-state index in [0.29, 0.717) is 0 Å². The first kappa shape index (κ1) is 21.2. The summed E-state index contributed by atoms with van der Waals surface area (Å²) in [6, 6.07) is 11.9. The Morgan fingerprint density at radius 1 is 1.04 bits per heavy atom. The molecule has 7 nitrogen and oxygen atoms in total. The van der Waals surface area contributed by atoms with Crippen LogP contribution in [0.4, 0.5) is 4.79 Å². The number of carbonyl (C=O) groups is 3. The van der Waals surface area contributed by atoms with Gasteiger partial charge in [0.25, 0.3) is 0 Å². The fourth-order valence-corrected chi connectivity index (χ4v) is 2.65. The lowest BCUT2D eigenvalue weighted by Crippen LogP contribution is -2.53. The van der Waals surface area contributed by atoms with Crippen LogP contribution in [-0.2, 0) is 20.7 Å². The Morgan fingerprint density at radius 2 is 1.68 bits per heavy atom. The Kier molecular flexibility index (Phi) is 6.62. The molecule has 0 bridgehead atoms. The van der Waals surface area contributed by atoms with Crippen molar-refractivity contribution in [2.24, 2.45) is 5.73 Å². The lowest BCUT2D eigenvalue weighted by molar-refractivity contribution is -0.128. The average Bonchev–Trinajstić information content (AvgIpc) is 2.59. The first-order chi connectivity index (χ1) is 13.0. The number of ether oxygens (including phenoxy) is 1. The zero-order valence-electron chi connectivity index (χ0n) is 16.6. The summed E-state index contributed by atoms with van der Waals surface area (Å²) in [6.45, 7) is 6.70. The van der Waals surface area contributed by atoms with E-state index in [1.54, 1.807) is 20.8 Å². The van der Waals surface area contributed by atoms with Crippen LogP contribution in [0, 0.1) is 0 Å². The summed E-state index contributed by atoms with van der Waals surface area (Å²) in [6.07, 6.45) is -0.471. The average molecular weight is 385 g/mol. The van der Waals surface area contributed by atoms with E-state index in [-0.39, 0.29) is 6.42 Å². The first-order valence-electron chi connectivity index (χ1n) is 9.12. The molecule has 0 heterocycles. The van der Waals surface area contributed by atoms with Gasteiger partial charge < -0.3 is 21.1 Å². The third-order valence-corrected chi connectivity index (χ3v) is 4.05. The van der Waals surface area contributed by atoms with Crippen molar-refractivity contribution in [2.75, 3.05) is 0 Å². The van der Waals surface area contributed by atoms with Crippen LogP contribution in [0.5, 0.6) is 0 Å². The van der Waals surface area contributed by atoms with Crippen LogP contribution < -0.4 is 16.4 Å². The first-order valence-corrected chi connectivity index (χ1v) is 9.12. The van der Waals surface area contributed by atoms with Gasteiger partial charge >= 0.3 is 6.09 Å². The Balaban J connectivity index is 2.21. The molecule has 2 atom stereocenters. The minimum atomic E-state index is -0.919. The largest absolute Gasteiger partial charge is 0.444 e. The molecule has 0 aliphatic rings. The van der Waals surface area contributed by atoms with E-state index in [0.717, 1.165) is 16.3 Å². The van der Waals surface area contributed by atoms with E-state index in [4.69, 9.17) is 10.5 Å². The summed E-state index contributed by atoms with van der Waals surface area (Å²) in [4.78, 5) is 36.1. The summed E-state index contributed by atoms with van der Waals surface area (Å²) in [5, 5.41) is 7.22. The molecule has 2 aromatic carbocycles. The summed E-state index contributed by atoms with van der Waals surface area (Å²) < 4.78 is 5.26. The molecule has 0 saturated carbocycles. The second-order valence-electron chi connectivity index (χ2n) is 7.72. The molecule has 150 valence electrons. The number of amides is 3. The highest BCUT2D eigenvalue weighted by molar-refractivity contribution is 5.91. The van der Waals surface area contributed by atoms with Gasteiger partial charge in [0.15, 0.2) is 0 Å². The molecule has 0 unspecified atom stereocenters. The minimum absolute atomic E-state index is 0.237. The van der Waals surface area contributed by atoms with E-state index in [1.807, 2.05) is 42.5 Å². The van der Waals surface area contributed by atoms with Gasteiger partial charge in [-0.25, -0.2) is 4.79 Å². The van der Waals surface area contributed by atoms with Crippen molar-refractivity contribution in [1.82, 2.24) is 10.6 Å². The van der Waals surface area contributed by atoms with Crippen molar-refractivity contribution in [2.45, 2.75) is 51.8 Å². The third kappa shape index (κ3) is 6.26. The van der Waals surface area contributed by atoms with Crippen LogP contribution in [0.15, 0.2) is 42.5 Å². The molecule has 7 heteroatoms. The van der Waals surface area contributed by atoms with E-state index in [1.165, 1.54) is 6.92 Å². The predicted octanol–water partition coefficient (Wildman–Crippen LogP) is 2.27. The van der Waals surface area contributed by atoms with Gasteiger partial charge in [0.2, 0.25) is 11.8 Å². The number of nitrogens with two attached hydrogens (primary N) is 1. The van der Waals surface area contributed by atoms with Crippen molar-refractivity contribution in [3.8, 4) is 0 Å². The van der Waals surface area contributed by atoms with Crippen molar-refractivity contribution >= 4 is 28.7 Å². The molecule has 3 amide bonds. The number of carbonyl (C=O) groups excluding carboxylic acids is 3. The van der Waals surface area contributed by atoms with E-state index < -0.39 is 35.6 Å². The van der Waals surface area contributed by atoms with Gasteiger partial charge in [-0.2, -0.15) is 0 Å². The molecule has 0 aromatic heterocycles. The maximum Gasteiger partial charge on any atom is 0.408 e. The SMILES string of the molecule is C[C@H](NC(=O)[C@H](Cc1ccc2ccccc2c1)NC(=O)OC(C)(C)C)C(N)=O. The quantitative estimate of drug-likeness (QED) is 0.708. The highest BCUT2D eigenvalue weighted by Crippen LogP contribution is 2.17. The van der Waals surface area contributed by atoms with Crippen LogP contribution >= 0.6 is 0 Å². The normalized spacial score (nSPS) is 13.4. The summed E-state index contributed by atoms with van der Waals surface area (Å²) in [5.41, 5.74) is 5.38. The van der Waals surface area contributed by atoms with Gasteiger partial charge in [0.05, 0.1) is 0 Å². The standard InChI is InChI=1S/C21H27N3O4/c1-13(18(22)25)23-19(26)17(24-20(27)28-21(2,3)4)12-14-9-10-15-7-5-6-8-16(15)11-14/h5-11,13,17H,12H2,1-4H3,(H2,22,25)(H,23,26)(H,24,27)/t13-,17-/m0/s1. The lowest BCUT2D eigenvalue weighted by Gasteiger charge is -2.24. The number of primary amides is 1. The molecule has 0 aliphatic carbocycles. The fraction of sp³-hybridized carbons (Fsp3) is 0.381. The third-order valence-electron chi connectivity index (χ3n) is 4.05.